The molecule has 0 bridgehead atoms. The number of benzene rings is 1. The summed E-state index contributed by atoms with van der Waals surface area (Å²) in [5.74, 6) is 0. The summed E-state index contributed by atoms with van der Waals surface area (Å²) in [5.41, 5.74) is 7.18. The first kappa shape index (κ1) is 12.6. The Bertz CT molecular complexity index is 288. The molecule has 0 aromatic heterocycles. The fourth-order valence-corrected chi connectivity index (χ4v) is 3.67. The predicted octanol–water partition coefficient (Wildman–Crippen LogP) is 2.19. The molecule has 0 aliphatic rings. The fourth-order valence-electron chi connectivity index (χ4n) is 1.71. The van der Waals surface area contributed by atoms with Crippen molar-refractivity contribution in [3.8, 4) is 0 Å². The van der Waals surface area contributed by atoms with E-state index in [0.29, 0.717) is 6.54 Å². The van der Waals surface area contributed by atoms with E-state index in [1.54, 1.807) is 14.2 Å². The van der Waals surface area contributed by atoms with Gasteiger partial charge in [0.15, 0.2) is 0 Å². The predicted molar refractivity (Wildman–Crippen MR) is 66.5 cm³/mol. The normalized spacial score (nSPS) is 14.9. The van der Waals surface area contributed by atoms with Crippen molar-refractivity contribution in [2.24, 2.45) is 5.73 Å². The van der Waals surface area contributed by atoms with Gasteiger partial charge in [0.1, 0.15) is 0 Å². The van der Waals surface area contributed by atoms with Gasteiger partial charge in [-0.15, -0.1) is 0 Å². The second kappa shape index (κ2) is 5.57. The Kier molecular flexibility index (Phi) is 4.68. The first-order chi connectivity index (χ1) is 7.18. The van der Waals surface area contributed by atoms with E-state index in [4.69, 9.17) is 14.8 Å². The average Bonchev–Trinajstić information content (AvgIpc) is 2.31. The molecule has 4 heteroatoms. The van der Waals surface area contributed by atoms with Crippen LogP contribution in [0, 0.1) is 0 Å². The van der Waals surface area contributed by atoms with E-state index in [0.717, 1.165) is 0 Å². The number of hydrogen-bond acceptors (Lipinski definition) is 3. The fraction of sp³-hybridized carbons (Fsp3) is 0.455. The summed E-state index contributed by atoms with van der Waals surface area (Å²) in [6.07, 6.45) is 0. The van der Waals surface area contributed by atoms with Gasteiger partial charge < -0.3 is 0 Å². The summed E-state index contributed by atoms with van der Waals surface area (Å²) in [6, 6.07) is 10.2. The van der Waals surface area contributed by atoms with Crippen LogP contribution in [0.4, 0.5) is 0 Å². The first-order valence-corrected chi connectivity index (χ1v) is 7.42. The Balaban J connectivity index is 2.98. The van der Waals surface area contributed by atoms with Crippen LogP contribution >= 0.6 is 7.72 Å². The van der Waals surface area contributed by atoms with E-state index in [-0.39, 0.29) is 5.66 Å². The molecule has 1 atom stereocenters. The first-order valence-electron chi connectivity index (χ1n) is 5.03. The molecule has 0 radical (unpaired) electrons. The molecule has 0 saturated carbocycles. The van der Waals surface area contributed by atoms with Crippen LogP contribution in [0.5, 0.6) is 0 Å². The van der Waals surface area contributed by atoms with Crippen LogP contribution in [-0.4, -0.2) is 27.4 Å². The molecular formula is C11H20NO2P. The standard InChI is InChI=1S/C11H20NO2P/c1-13-15(3,14-2)11(9-12)10-7-5-4-6-8-10/h4-8,11,15H,9,12H2,1-3H3. The van der Waals surface area contributed by atoms with E-state index in [2.05, 4.69) is 12.1 Å². The molecular weight excluding hydrogens is 209 g/mol. The van der Waals surface area contributed by atoms with E-state index < -0.39 is 7.72 Å². The molecule has 1 unspecified atom stereocenters. The second-order valence-corrected chi connectivity index (χ2v) is 7.17. The van der Waals surface area contributed by atoms with E-state index in [1.807, 2.05) is 24.9 Å². The summed E-state index contributed by atoms with van der Waals surface area (Å²) in [4.78, 5) is 0. The number of nitrogens with two attached hydrogens (primary N) is 1. The van der Waals surface area contributed by atoms with Gasteiger partial charge in [-0.2, -0.15) is 0 Å². The summed E-state index contributed by atoms with van der Waals surface area (Å²) < 4.78 is 11.1. The zero-order valence-electron chi connectivity index (χ0n) is 9.57. The van der Waals surface area contributed by atoms with Crippen LogP contribution in [0.1, 0.15) is 11.2 Å². The Morgan fingerprint density at radius 1 is 1.20 bits per heavy atom. The molecule has 2 N–H and O–H groups in total. The van der Waals surface area contributed by atoms with Gasteiger partial charge in [0.25, 0.3) is 0 Å². The summed E-state index contributed by atoms with van der Waals surface area (Å²) in [7, 11) is 1.20. The van der Waals surface area contributed by atoms with Crippen LogP contribution < -0.4 is 5.73 Å². The van der Waals surface area contributed by atoms with Crippen molar-refractivity contribution in [1.29, 1.82) is 0 Å². The molecule has 1 aromatic carbocycles. The van der Waals surface area contributed by atoms with Crippen LogP contribution in [0.3, 0.4) is 0 Å². The Morgan fingerprint density at radius 3 is 2.13 bits per heavy atom. The summed E-state index contributed by atoms with van der Waals surface area (Å²) in [6.45, 7) is 2.59. The maximum atomic E-state index is 5.82. The van der Waals surface area contributed by atoms with Crippen LogP contribution in [0.2, 0.25) is 0 Å². The van der Waals surface area contributed by atoms with Gasteiger partial charge in [0.2, 0.25) is 0 Å². The topological polar surface area (TPSA) is 44.5 Å². The third-order valence-electron chi connectivity index (χ3n) is 2.88. The van der Waals surface area contributed by atoms with E-state index in [1.165, 1.54) is 5.56 Å². The van der Waals surface area contributed by atoms with Gasteiger partial charge in [0.05, 0.1) is 0 Å². The molecule has 15 heavy (non-hydrogen) atoms. The third kappa shape index (κ3) is 2.76. The van der Waals surface area contributed by atoms with Gasteiger partial charge in [0, 0.05) is 0 Å². The van der Waals surface area contributed by atoms with Crippen molar-refractivity contribution in [2.45, 2.75) is 5.66 Å². The molecule has 0 saturated heterocycles. The molecule has 1 rings (SSSR count). The Morgan fingerprint density at radius 2 is 1.73 bits per heavy atom. The van der Waals surface area contributed by atoms with Gasteiger partial charge in [-0.1, -0.05) is 0 Å². The minimum atomic E-state index is -2.19. The second-order valence-electron chi connectivity index (χ2n) is 3.62. The average molecular weight is 229 g/mol. The zero-order valence-corrected chi connectivity index (χ0v) is 10.6. The Labute approximate surface area is 92.1 Å². The molecule has 3 nitrogen and oxygen atoms in total. The molecule has 0 amide bonds. The van der Waals surface area contributed by atoms with Crippen LogP contribution in [0.25, 0.3) is 0 Å². The van der Waals surface area contributed by atoms with Gasteiger partial charge in [-0.3, -0.25) is 0 Å². The van der Waals surface area contributed by atoms with Gasteiger partial charge in [-0.05, 0) is 0 Å². The minimum absolute atomic E-state index is 0.175. The molecule has 1 aromatic rings. The Hall–Kier alpha value is -0.470. The van der Waals surface area contributed by atoms with Crippen molar-refractivity contribution in [3.05, 3.63) is 35.9 Å². The van der Waals surface area contributed by atoms with Crippen molar-refractivity contribution in [2.75, 3.05) is 27.4 Å². The monoisotopic (exact) mass is 229 g/mol. The molecule has 0 heterocycles. The number of rotatable bonds is 5. The van der Waals surface area contributed by atoms with Gasteiger partial charge in [-0.25, -0.2) is 0 Å². The van der Waals surface area contributed by atoms with Crippen molar-refractivity contribution in [1.82, 2.24) is 0 Å². The van der Waals surface area contributed by atoms with E-state index >= 15 is 0 Å². The van der Waals surface area contributed by atoms with E-state index in [9.17, 15) is 0 Å². The SMILES string of the molecule is CO[PH](C)(OC)C(CN)c1ccccc1. The summed E-state index contributed by atoms with van der Waals surface area (Å²) in [5, 5.41) is 0. The maximum absolute atomic E-state index is 5.82. The van der Waals surface area contributed by atoms with Crippen molar-refractivity contribution < 1.29 is 9.05 Å². The number of hydrogen-bond donors (Lipinski definition) is 1. The van der Waals surface area contributed by atoms with Crippen molar-refractivity contribution in [3.63, 3.8) is 0 Å². The zero-order chi connectivity index (χ0) is 11.3. The molecule has 0 fully saturated rings. The third-order valence-corrected chi connectivity index (χ3v) is 6.34. The quantitative estimate of drug-likeness (QED) is 0.787. The molecule has 0 aliphatic carbocycles. The molecule has 0 spiro atoms. The van der Waals surface area contributed by atoms with Crippen LogP contribution in [-0.2, 0) is 9.05 Å². The molecule has 86 valence electrons. The molecule has 0 aliphatic heterocycles. The summed E-state index contributed by atoms with van der Waals surface area (Å²) >= 11 is 0. The van der Waals surface area contributed by atoms with Crippen molar-refractivity contribution >= 4 is 7.72 Å². The van der Waals surface area contributed by atoms with Crippen LogP contribution in [0.15, 0.2) is 30.3 Å². The van der Waals surface area contributed by atoms with Gasteiger partial charge >= 0.3 is 91.5 Å².